The quantitative estimate of drug-likeness (QED) is 0.274. The molecule has 5 rings (SSSR count). The second-order valence-corrected chi connectivity index (χ2v) is 7.43. The van der Waals surface area contributed by atoms with E-state index in [1.54, 1.807) is 0 Å². The van der Waals surface area contributed by atoms with Crippen molar-refractivity contribution in [2.75, 3.05) is 0 Å². The predicted molar refractivity (Wildman–Crippen MR) is 132 cm³/mol. The van der Waals surface area contributed by atoms with Crippen LogP contribution in [0, 0.1) is 0 Å². The van der Waals surface area contributed by atoms with Crippen molar-refractivity contribution in [1.29, 1.82) is 0 Å². The largest absolute Gasteiger partial charge is 0.0616 e. The molecule has 0 aromatic heterocycles. The van der Waals surface area contributed by atoms with Crippen molar-refractivity contribution < 1.29 is 0 Å². The Hall–Kier alpha value is -3.90. The summed E-state index contributed by atoms with van der Waals surface area (Å²) in [7, 11) is 0. The zero-order valence-corrected chi connectivity index (χ0v) is 16.7. The molecule has 0 bridgehead atoms. The van der Waals surface area contributed by atoms with Crippen molar-refractivity contribution in [3.8, 4) is 0 Å². The lowest BCUT2D eigenvalue weighted by Crippen LogP contribution is -1.82. The van der Waals surface area contributed by atoms with Crippen molar-refractivity contribution in [3.05, 3.63) is 131 Å². The van der Waals surface area contributed by atoms with E-state index in [2.05, 4.69) is 133 Å². The molecule has 0 radical (unpaired) electrons. The van der Waals surface area contributed by atoms with E-state index in [1.807, 2.05) is 0 Å². The van der Waals surface area contributed by atoms with Crippen LogP contribution in [-0.4, -0.2) is 0 Å². The fourth-order valence-corrected chi connectivity index (χ4v) is 3.97. The Morgan fingerprint density at radius 3 is 1.13 bits per heavy atom. The summed E-state index contributed by atoms with van der Waals surface area (Å²) in [4.78, 5) is 0. The third-order valence-corrected chi connectivity index (χ3v) is 5.53. The van der Waals surface area contributed by atoms with E-state index in [0.29, 0.717) is 0 Å². The second-order valence-electron chi connectivity index (χ2n) is 7.43. The van der Waals surface area contributed by atoms with Crippen LogP contribution in [0.4, 0.5) is 0 Å². The van der Waals surface area contributed by atoms with Gasteiger partial charge >= 0.3 is 0 Å². The summed E-state index contributed by atoms with van der Waals surface area (Å²) in [5.74, 6) is 0. The maximum atomic E-state index is 2.22. The molecule has 0 fully saturated rings. The SMILES string of the molecule is C(=Cc1cccc2ccccc12)c1ccccc1C=Cc1cccc2ccccc12. The average molecular weight is 383 g/mol. The maximum absolute atomic E-state index is 2.22. The monoisotopic (exact) mass is 382 g/mol. The summed E-state index contributed by atoms with van der Waals surface area (Å²) in [6.45, 7) is 0. The highest BCUT2D eigenvalue weighted by Crippen LogP contribution is 2.24. The topological polar surface area (TPSA) is 0 Å². The smallest absolute Gasteiger partial charge is 0.0111 e. The zero-order valence-electron chi connectivity index (χ0n) is 16.7. The lowest BCUT2D eigenvalue weighted by atomic mass is 10.0. The molecule has 0 N–H and O–H groups in total. The van der Waals surface area contributed by atoms with Crippen molar-refractivity contribution in [2.45, 2.75) is 0 Å². The average Bonchev–Trinajstić information content (AvgIpc) is 2.82. The van der Waals surface area contributed by atoms with Gasteiger partial charge in [0.1, 0.15) is 0 Å². The van der Waals surface area contributed by atoms with E-state index in [0.717, 1.165) is 0 Å². The zero-order chi connectivity index (χ0) is 20.2. The van der Waals surface area contributed by atoms with E-state index in [9.17, 15) is 0 Å². The van der Waals surface area contributed by atoms with E-state index in [-0.39, 0.29) is 0 Å². The van der Waals surface area contributed by atoms with Crippen LogP contribution >= 0.6 is 0 Å². The molecule has 142 valence electrons. The highest BCUT2D eigenvalue weighted by molar-refractivity contribution is 5.95. The van der Waals surface area contributed by atoms with Crippen LogP contribution in [0.5, 0.6) is 0 Å². The Bertz CT molecular complexity index is 1270. The van der Waals surface area contributed by atoms with Gasteiger partial charge in [0.15, 0.2) is 0 Å². The van der Waals surface area contributed by atoms with Gasteiger partial charge < -0.3 is 0 Å². The standard InChI is InChI=1S/C30H22/c1-2-10-24(20-22-28-16-8-14-26-12-4-6-18-30(26)28)23(9-1)19-21-27-15-7-13-25-11-3-5-17-29(25)27/h1-22H. The summed E-state index contributed by atoms with van der Waals surface area (Å²) in [5, 5.41) is 5.09. The van der Waals surface area contributed by atoms with Crippen LogP contribution in [0.3, 0.4) is 0 Å². The summed E-state index contributed by atoms with van der Waals surface area (Å²) >= 11 is 0. The van der Waals surface area contributed by atoms with E-state index in [1.165, 1.54) is 43.8 Å². The van der Waals surface area contributed by atoms with Crippen LogP contribution in [0.15, 0.2) is 109 Å². The normalized spacial score (nSPS) is 11.7. The van der Waals surface area contributed by atoms with Crippen molar-refractivity contribution in [2.24, 2.45) is 0 Å². The molecular formula is C30H22. The Kier molecular flexibility index (Phi) is 4.98. The highest BCUT2D eigenvalue weighted by Gasteiger charge is 2.00. The molecule has 0 unspecified atom stereocenters. The lowest BCUT2D eigenvalue weighted by Gasteiger charge is -2.05. The number of hydrogen-bond acceptors (Lipinski definition) is 0. The Morgan fingerprint density at radius 2 is 0.633 bits per heavy atom. The molecule has 30 heavy (non-hydrogen) atoms. The van der Waals surface area contributed by atoms with Crippen LogP contribution in [0.25, 0.3) is 45.8 Å². The molecule has 0 heteroatoms. The fraction of sp³-hybridized carbons (Fsp3) is 0. The van der Waals surface area contributed by atoms with Gasteiger partial charge in [-0.1, -0.05) is 133 Å². The molecule has 5 aromatic rings. The predicted octanol–water partition coefficient (Wildman–Crippen LogP) is 8.33. The van der Waals surface area contributed by atoms with Gasteiger partial charge in [0, 0.05) is 0 Å². The fourth-order valence-electron chi connectivity index (χ4n) is 3.97. The Morgan fingerprint density at radius 1 is 0.300 bits per heavy atom. The number of rotatable bonds is 4. The molecule has 0 spiro atoms. The van der Waals surface area contributed by atoms with Crippen molar-refractivity contribution >= 4 is 45.8 Å². The first kappa shape index (κ1) is 18.1. The van der Waals surface area contributed by atoms with Gasteiger partial charge in [-0.2, -0.15) is 0 Å². The van der Waals surface area contributed by atoms with Gasteiger partial charge in [-0.05, 0) is 43.8 Å². The van der Waals surface area contributed by atoms with Crippen LogP contribution in [0.2, 0.25) is 0 Å². The molecule has 0 atom stereocenters. The van der Waals surface area contributed by atoms with Gasteiger partial charge in [-0.15, -0.1) is 0 Å². The molecule has 0 amide bonds. The van der Waals surface area contributed by atoms with Gasteiger partial charge in [0.25, 0.3) is 0 Å². The van der Waals surface area contributed by atoms with Crippen LogP contribution in [0.1, 0.15) is 22.3 Å². The number of hydrogen-bond donors (Lipinski definition) is 0. The molecular weight excluding hydrogens is 360 g/mol. The number of benzene rings is 5. The minimum atomic E-state index is 1.21. The molecule has 0 aliphatic carbocycles. The van der Waals surface area contributed by atoms with Gasteiger partial charge in [0.2, 0.25) is 0 Å². The highest BCUT2D eigenvalue weighted by atomic mass is 14.0. The molecule has 5 aromatic carbocycles. The minimum Gasteiger partial charge on any atom is -0.0616 e. The Balaban J connectivity index is 1.50. The summed E-state index contributed by atoms with van der Waals surface area (Å²) in [6, 6.07) is 38.5. The third kappa shape index (κ3) is 3.68. The first-order valence-corrected chi connectivity index (χ1v) is 10.3. The lowest BCUT2D eigenvalue weighted by molar-refractivity contribution is 1.61. The van der Waals surface area contributed by atoms with E-state index < -0.39 is 0 Å². The van der Waals surface area contributed by atoms with E-state index >= 15 is 0 Å². The maximum Gasteiger partial charge on any atom is -0.0111 e. The van der Waals surface area contributed by atoms with Gasteiger partial charge in [-0.25, -0.2) is 0 Å². The first-order chi connectivity index (χ1) is 14.9. The molecule has 0 aliphatic rings. The molecule has 0 heterocycles. The molecule has 0 saturated heterocycles. The molecule has 0 nitrogen and oxygen atoms in total. The molecule has 0 saturated carbocycles. The summed E-state index contributed by atoms with van der Waals surface area (Å²) in [6.07, 6.45) is 8.86. The minimum absolute atomic E-state index is 1.21. The van der Waals surface area contributed by atoms with Crippen LogP contribution in [-0.2, 0) is 0 Å². The molecule has 0 aliphatic heterocycles. The van der Waals surface area contributed by atoms with E-state index in [4.69, 9.17) is 0 Å². The third-order valence-electron chi connectivity index (χ3n) is 5.53. The second kappa shape index (κ2) is 8.23. The number of fused-ring (bicyclic) bond motifs is 2. The van der Waals surface area contributed by atoms with Crippen molar-refractivity contribution in [1.82, 2.24) is 0 Å². The van der Waals surface area contributed by atoms with Crippen molar-refractivity contribution in [3.63, 3.8) is 0 Å². The first-order valence-electron chi connectivity index (χ1n) is 10.3. The summed E-state index contributed by atoms with van der Waals surface area (Å²) < 4.78 is 0. The van der Waals surface area contributed by atoms with Gasteiger partial charge in [-0.3, -0.25) is 0 Å². The van der Waals surface area contributed by atoms with Gasteiger partial charge in [0.05, 0.1) is 0 Å². The Labute approximate surface area is 177 Å². The van der Waals surface area contributed by atoms with Crippen LogP contribution < -0.4 is 0 Å². The summed E-state index contributed by atoms with van der Waals surface area (Å²) in [5.41, 5.74) is 4.89.